The lowest BCUT2D eigenvalue weighted by Crippen LogP contribution is -2.31. The van der Waals surface area contributed by atoms with E-state index < -0.39 is 5.92 Å². The molecule has 0 radical (unpaired) electrons. The van der Waals surface area contributed by atoms with Crippen molar-refractivity contribution >= 4 is 35.1 Å². The van der Waals surface area contributed by atoms with Gasteiger partial charge >= 0.3 is 0 Å². The van der Waals surface area contributed by atoms with Crippen molar-refractivity contribution in [2.24, 2.45) is 0 Å². The fourth-order valence-electron chi connectivity index (χ4n) is 3.92. The number of para-hydroxylation sites is 2. The maximum Gasteiger partial charge on any atom is 0.254 e. The van der Waals surface area contributed by atoms with Crippen molar-refractivity contribution in [3.05, 3.63) is 100 Å². The number of methoxy groups -OCH3 is 1. The van der Waals surface area contributed by atoms with E-state index in [1.54, 1.807) is 44.4 Å². The first-order chi connectivity index (χ1) is 17.5. The second-order valence-corrected chi connectivity index (χ2v) is 8.81. The number of nitriles is 1. The van der Waals surface area contributed by atoms with Crippen LogP contribution in [0.2, 0.25) is 0 Å². The topological polar surface area (TPSA) is 116 Å². The van der Waals surface area contributed by atoms with Gasteiger partial charge in [-0.2, -0.15) is 5.26 Å². The summed E-state index contributed by atoms with van der Waals surface area (Å²) in [6.07, 6.45) is 1.47. The van der Waals surface area contributed by atoms with Crippen LogP contribution in [0.25, 0.3) is 0 Å². The molecule has 0 saturated carbocycles. The predicted molar refractivity (Wildman–Crippen MR) is 139 cm³/mol. The van der Waals surface area contributed by atoms with Crippen molar-refractivity contribution in [1.29, 1.82) is 5.26 Å². The highest BCUT2D eigenvalue weighted by molar-refractivity contribution is 8.03. The molecule has 0 aliphatic carbocycles. The molecule has 8 nitrogen and oxygen atoms in total. The van der Waals surface area contributed by atoms with Crippen molar-refractivity contribution in [3.63, 3.8) is 0 Å². The number of nitrogens with zero attached hydrogens (tertiary/aromatic N) is 1. The standard InChI is InChI=1S/C27H24N4O4S/c1-17-24(26(33)30-18-9-4-3-5-10-18)25(19-11-6-7-12-21(19)34-2)20(15-28)27(29-17)36-16-22(32)31-23-13-8-14-35-23/h3-14,25,29H,16H2,1-2H3,(H,30,33)(H,31,32). The molecular formula is C27H24N4O4S. The van der Waals surface area contributed by atoms with Gasteiger partial charge in [0.25, 0.3) is 5.91 Å². The van der Waals surface area contributed by atoms with E-state index in [0.29, 0.717) is 44.8 Å². The summed E-state index contributed by atoms with van der Waals surface area (Å²) >= 11 is 1.18. The number of amides is 2. The van der Waals surface area contributed by atoms with E-state index in [1.807, 2.05) is 36.4 Å². The molecule has 4 rings (SSSR count). The lowest BCUT2D eigenvalue weighted by Gasteiger charge is -2.30. The van der Waals surface area contributed by atoms with Crippen LogP contribution in [0.1, 0.15) is 18.4 Å². The van der Waals surface area contributed by atoms with Crippen LogP contribution in [-0.4, -0.2) is 24.7 Å². The SMILES string of the molecule is COc1ccccc1C1C(C#N)=C(SCC(=O)Nc2ccco2)NC(C)=C1C(=O)Nc1ccccc1. The lowest BCUT2D eigenvalue weighted by molar-refractivity contribution is -0.114. The highest BCUT2D eigenvalue weighted by atomic mass is 32.2. The van der Waals surface area contributed by atoms with E-state index in [-0.39, 0.29) is 17.6 Å². The molecule has 1 unspecified atom stereocenters. The molecule has 3 aromatic rings. The van der Waals surface area contributed by atoms with Crippen LogP contribution in [0.15, 0.2) is 99.3 Å². The van der Waals surface area contributed by atoms with Crippen LogP contribution in [0.5, 0.6) is 5.75 Å². The quantitative estimate of drug-likeness (QED) is 0.399. The van der Waals surface area contributed by atoms with Gasteiger partial charge < -0.3 is 19.8 Å². The van der Waals surface area contributed by atoms with Gasteiger partial charge in [0.05, 0.1) is 41.7 Å². The van der Waals surface area contributed by atoms with Gasteiger partial charge in [-0.05, 0) is 31.2 Å². The van der Waals surface area contributed by atoms with E-state index in [1.165, 1.54) is 18.0 Å². The smallest absolute Gasteiger partial charge is 0.254 e. The highest BCUT2D eigenvalue weighted by Gasteiger charge is 2.36. The number of dihydropyridines is 1. The molecule has 0 spiro atoms. The van der Waals surface area contributed by atoms with Crippen LogP contribution < -0.4 is 20.7 Å². The number of hydrogen-bond acceptors (Lipinski definition) is 7. The summed E-state index contributed by atoms with van der Waals surface area (Å²) in [5.41, 5.74) is 2.60. The normalized spacial score (nSPS) is 15.1. The summed E-state index contributed by atoms with van der Waals surface area (Å²) in [6, 6.07) is 22.0. The summed E-state index contributed by atoms with van der Waals surface area (Å²) in [5, 5.41) is 19.5. The van der Waals surface area contributed by atoms with E-state index in [9.17, 15) is 14.9 Å². The van der Waals surface area contributed by atoms with Crippen LogP contribution in [0.3, 0.4) is 0 Å². The van der Waals surface area contributed by atoms with Gasteiger partial charge in [0.15, 0.2) is 5.88 Å². The number of rotatable bonds is 8. The summed E-state index contributed by atoms with van der Waals surface area (Å²) in [5.74, 6) is -0.402. The molecule has 2 aromatic carbocycles. The lowest BCUT2D eigenvalue weighted by atomic mass is 9.81. The molecule has 1 aliphatic rings. The van der Waals surface area contributed by atoms with Gasteiger partial charge in [-0.3, -0.25) is 14.9 Å². The minimum Gasteiger partial charge on any atom is -0.496 e. The number of ether oxygens (including phenoxy) is 1. The molecular weight excluding hydrogens is 476 g/mol. The Morgan fingerprint density at radius 3 is 2.53 bits per heavy atom. The van der Waals surface area contributed by atoms with Crippen molar-refractivity contribution in [2.75, 3.05) is 23.5 Å². The maximum absolute atomic E-state index is 13.5. The zero-order valence-electron chi connectivity index (χ0n) is 19.7. The molecule has 2 heterocycles. The average Bonchev–Trinajstić information content (AvgIpc) is 3.40. The molecule has 2 amide bonds. The van der Waals surface area contributed by atoms with Crippen LogP contribution in [0.4, 0.5) is 11.6 Å². The Morgan fingerprint density at radius 1 is 1.08 bits per heavy atom. The van der Waals surface area contributed by atoms with Crippen LogP contribution in [-0.2, 0) is 9.59 Å². The van der Waals surface area contributed by atoms with Crippen LogP contribution in [0, 0.1) is 11.3 Å². The number of anilines is 2. The maximum atomic E-state index is 13.5. The number of allylic oxidation sites excluding steroid dienone is 2. The molecule has 0 bridgehead atoms. The molecule has 0 saturated heterocycles. The third-order valence-corrected chi connectivity index (χ3v) is 6.52. The predicted octanol–water partition coefficient (Wildman–Crippen LogP) is 4.99. The molecule has 0 fully saturated rings. The highest BCUT2D eigenvalue weighted by Crippen LogP contribution is 2.43. The zero-order chi connectivity index (χ0) is 25.5. The van der Waals surface area contributed by atoms with E-state index in [2.05, 4.69) is 22.0 Å². The first kappa shape index (κ1) is 24.7. The molecule has 1 aromatic heterocycles. The fraction of sp³-hybridized carbons (Fsp3) is 0.148. The Hall–Kier alpha value is -4.42. The summed E-state index contributed by atoms with van der Waals surface area (Å²) in [4.78, 5) is 25.9. The molecule has 1 atom stereocenters. The molecule has 9 heteroatoms. The second-order valence-electron chi connectivity index (χ2n) is 7.83. The molecule has 182 valence electrons. The van der Waals surface area contributed by atoms with Gasteiger partial charge in [0, 0.05) is 28.6 Å². The van der Waals surface area contributed by atoms with E-state index in [4.69, 9.17) is 9.15 Å². The Morgan fingerprint density at radius 2 is 1.83 bits per heavy atom. The number of thioether (sulfide) groups is 1. The minimum absolute atomic E-state index is 0.0334. The van der Waals surface area contributed by atoms with Gasteiger partial charge in [0.2, 0.25) is 5.91 Å². The Kier molecular flexibility index (Phi) is 7.78. The van der Waals surface area contributed by atoms with Gasteiger partial charge in [-0.15, -0.1) is 0 Å². The van der Waals surface area contributed by atoms with E-state index in [0.717, 1.165) is 0 Å². The third-order valence-electron chi connectivity index (χ3n) is 5.51. The molecule has 36 heavy (non-hydrogen) atoms. The largest absolute Gasteiger partial charge is 0.496 e. The number of benzene rings is 2. The minimum atomic E-state index is -0.702. The average molecular weight is 501 g/mol. The number of hydrogen-bond donors (Lipinski definition) is 3. The summed E-state index contributed by atoms with van der Waals surface area (Å²) in [7, 11) is 1.55. The van der Waals surface area contributed by atoms with Gasteiger partial charge in [-0.1, -0.05) is 48.2 Å². The number of furan rings is 1. The monoisotopic (exact) mass is 500 g/mol. The Labute approximate surface area is 213 Å². The van der Waals surface area contributed by atoms with Crippen molar-refractivity contribution in [1.82, 2.24) is 5.32 Å². The first-order valence-electron chi connectivity index (χ1n) is 11.1. The van der Waals surface area contributed by atoms with Gasteiger partial charge in [-0.25, -0.2) is 0 Å². The summed E-state index contributed by atoms with van der Waals surface area (Å²) in [6.45, 7) is 1.78. The third kappa shape index (κ3) is 5.45. The number of carbonyl (C=O) groups excluding carboxylic acids is 2. The summed E-state index contributed by atoms with van der Waals surface area (Å²) < 4.78 is 10.7. The van der Waals surface area contributed by atoms with Crippen molar-refractivity contribution in [2.45, 2.75) is 12.8 Å². The van der Waals surface area contributed by atoms with Crippen molar-refractivity contribution in [3.8, 4) is 11.8 Å². The second kappa shape index (κ2) is 11.3. The van der Waals surface area contributed by atoms with Crippen molar-refractivity contribution < 1.29 is 18.7 Å². The van der Waals surface area contributed by atoms with Crippen LogP contribution >= 0.6 is 11.8 Å². The molecule has 3 N–H and O–H groups in total. The van der Waals surface area contributed by atoms with E-state index >= 15 is 0 Å². The zero-order valence-corrected chi connectivity index (χ0v) is 20.5. The number of nitrogens with one attached hydrogen (secondary N) is 3. The Bertz CT molecular complexity index is 1360. The molecule has 1 aliphatic heterocycles. The van der Waals surface area contributed by atoms with Gasteiger partial charge in [0.1, 0.15) is 5.75 Å². The number of carbonyl (C=O) groups is 2. The first-order valence-corrected chi connectivity index (χ1v) is 12.1. The fourth-order valence-corrected chi connectivity index (χ4v) is 4.82. The Balaban J connectivity index is 1.69.